The van der Waals surface area contributed by atoms with E-state index in [0.717, 1.165) is 6.42 Å². The number of hydrogen-bond donors (Lipinski definition) is 1. The molecule has 3 heteroatoms. The minimum absolute atomic E-state index is 0.701. The highest BCUT2D eigenvalue weighted by Gasteiger charge is 2.03. The molecule has 14 heavy (non-hydrogen) atoms. The number of nitrogens with zero attached hydrogens (tertiary/aromatic N) is 2. The van der Waals surface area contributed by atoms with Crippen LogP contribution in [0.4, 0.5) is 0 Å². The van der Waals surface area contributed by atoms with Crippen LogP contribution in [0.2, 0.25) is 0 Å². The average molecular weight is 189 g/mol. The molecule has 0 aliphatic heterocycles. The molecule has 0 spiro atoms. The standard InChI is InChI=1S/C11H15N3/c1-8-5-11-10(7-13-14(11)2)6-9(8)3-4-12/h5-7H,3-4,12H2,1-2H3. The number of fused-ring (bicyclic) bond motifs is 1. The molecule has 0 amide bonds. The van der Waals surface area contributed by atoms with Crippen LogP contribution in [0.5, 0.6) is 0 Å². The fraction of sp³-hybridized carbons (Fsp3) is 0.364. The maximum atomic E-state index is 5.56. The molecule has 0 unspecified atom stereocenters. The van der Waals surface area contributed by atoms with Crippen LogP contribution in [0, 0.1) is 6.92 Å². The number of aryl methyl sites for hydroxylation is 2. The summed E-state index contributed by atoms with van der Waals surface area (Å²) in [6, 6.07) is 4.36. The molecule has 0 saturated carbocycles. The summed E-state index contributed by atoms with van der Waals surface area (Å²) in [6.07, 6.45) is 2.84. The normalized spacial score (nSPS) is 11.1. The van der Waals surface area contributed by atoms with Gasteiger partial charge in [0.05, 0.1) is 11.7 Å². The molecule has 0 aliphatic carbocycles. The SMILES string of the molecule is Cc1cc2c(cnn2C)cc1CCN. The van der Waals surface area contributed by atoms with Crippen LogP contribution >= 0.6 is 0 Å². The molecule has 0 bridgehead atoms. The number of hydrogen-bond acceptors (Lipinski definition) is 2. The third-order valence-electron chi connectivity index (χ3n) is 2.62. The van der Waals surface area contributed by atoms with Crippen molar-refractivity contribution in [3.63, 3.8) is 0 Å². The monoisotopic (exact) mass is 189 g/mol. The van der Waals surface area contributed by atoms with Gasteiger partial charge in [0.2, 0.25) is 0 Å². The number of nitrogens with two attached hydrogens (primary N) is 1. The second kappa shape index (κ2) is 3.42. The van der Waals surface area contributed by atoms with Gasteiger partial charge in [-0.1, -0.05) is 0 Å². The summed E-state index contributed by atoms with van der Waals surface area (Å²) in [5.74, 6) is 0. The van der Waals surface area contributed by atoms with Crippen molar-refractivity contribution in [2.45, 2.75) is 13.3 Å². The minimum atomic E-state index is 0.701. The maximum absolute atomic E-state index is 5.56. The zero-order valence-corrected chi connectivity index (χ0v) is 8.62. The van der Waals surface area contributed by atoms with Gasteiger partial charge >= 0.3 is 0 Å². The van der Waals surface area contributed by atoms with Crippen molar-refractivity contribution < 1.29 is 0 Å². The summed E-state index contributed by atoms with van der Waals surface area (Å²) in [6.45, 7) is 2.82. The first-order valence-electron chi connectivity index (χ1n) is 4.83. The van der Waals surface area contributed by atoms with Crippen LogP contribution in [0.15, 0.2) is 18.3 Å². The van der Waals surface area contributed by atoms with Crippen LogP contribution in [-0.2, 0) is 13.5 Å². The van der Waals surface area contributed by atoms with Crippen molar-refractivity contribution in [3.05, 3.63) is 29.5 Å². The molecular formula is C11H15N3. The molecule has 74 valence electrons. The van der Waals surface area contributed by atoms with Crippen molar-refractivity contribution in [2.75, 3.05) is 6.54 Å². The predicted molar refractivity (Wildman–Crippen MR) is 58.2 cm³/mol. The summed E-state index contributed by atoms with van der Waals surface area (Å²) < 4.78 is 1.90. The first-order chi connectivity index (χ1) is 6.72. The third-order valence-corrected chi connectivity index (χ3v) is 2.62. The van der Waals surface area contributed by atoms with Gasteiger partial charge in [0.1, 0.15) is 0 Å². The lowest BCUT2D eigenvalue weighted by atomic mass is 10.0. The van der Waals surface area contributed by atoms with E-state index < -0.39 is 0 Å². The Kier molecular flexibility index (Phi) is 2.25. The largest absolute Gasteiger partial charge is 0.330 e. The second-order valence-corrected chi connectivity index (χ2v) is 3.64. The van der Waals surface area contributed by atoms with Crippen molar-refractivity contribution >= 4 is 10.9 Å². The van der Waals surface area contributed by atoms with E-state index in [2.05, 4.69) is 24.2 Å². The highest BCUT2D eigenvalue weighted by molar-refractivity contribution is 5.80. The maximum Gasteiger partial charge on any atom is 0.0681 e. The van der Waals surface area contributed by atoms with E-state index in [1.165, 1.54) is 22.0 Å². The van der Waals surface area contributed by atoms with Crippen molar-refractivity contribution in [1.82, 2.24) is 9.78 Å². The summed E-state index contributed by atoms with van der Waals surface area (Å²) in [4.78, 5) is 0. The van der Waals surface area contributed by atoms with Gasteiger partial charge in [-0.15, -0.1) is 0 Å². The zero-order valence-electron chi connectivity index (χ0n) is 8.62. The molecule has 0 atom stereocenters. The summed E-state index contributed by atoms with van der Waals surface area (Å²) in [7, 11) is 1.96. The van der Waals surface area contributed by atoms with E-state index in [1.807, 2.05) is 17.9 Å². The van der Waals surface area contributed by atoms with Gasteiger partial charge in [-0.05, 0) is 43.1 Å². The lowest BCUT2D eigenvalue weighted by Gasteiger charge is -2.04. The molecule has 0 radical (unpaired) electrons. The molecule has 1 aromatic heterocycles. The number of rotatable bonds is 2. The summed E-state index contributed by atoms with van der Waals surface area (Å²) in [5, 5.41) is 5.42. The molecular weight excluding hydrogens is 174 g/mol. The second-order valence-electron chi connectivity index (χ2n) is 3.64. The van der Waals surface area contributed by atoms with Crippen molar-refractivity contribution in [3.8, 4) is 0 Å². The van der Waals surface area contributed by atoms with Gasteiger partial charge in [-0.2, -0.15) is 5.10 Å². The smallest absolute Gasteiger partial charge is 0.0681 e. The molecule has 2 rings (SSSR count). The molecule has 2 N–H and O–H groups in total. The van der Waals surface area contributed by atoms with Crippen LogP contribution in [0.3, 0.4) is 0 Å². The Labute approximate surface area is 83.5 Å². The Morgan fingerprint density at radius 3 is 2.93 bits per heavy atom. The van der Waals surface area contributed by atoms with E-state index in [0.29, 0.717) is 6.54 Å². The van der Waals surface area contributed by atoms with Crippen LogP contribution in [0.25, 0.3) is 10.9 Å². The van der Waals surface area contributed by atoms with E-state index >= 15 is 0 Å². The average Bonchev–Trinajstić information content (AvgIpc) is 2.50. The topological polar surface area (TPSA) is 43.8 Å². The van der Waals surface area contributed by atoms with Crippen LogP contribution < -0.4 is 5.73 Å². The third kappa shape index (κ3) is 1.40. The van der Waals surface area contributed by atoms with Crippen LogP contribution in [-0.4, -0.2) is 16.3 Å². The molecule has 0 aliphatic rings. The number of aromatic nitrogens is 2. The zero-order chi connectivity index (χ0) is 10.1. The quantitative estimate of drug-likeness (QED) is 0.775. The molecule has 1 heterocycles. The van der Waals surface area contributed by atoms with Crippen molar-refractivity contribution in [2.24, 2.45) is 12.8 Å². The Hall–Kier alpha value is -1.35. The lowest BCUT2D eigenvalue weighted by Crippen LogP contribution is -2.04. The van der Waals surface area contributed by atoms with Gasteiger partial charge in [0.25, 0.3) is 0 Å². The van der Waals surface area contributed by atoms with Gasteiger partial charge in [-0.3, -0.25) is 4.68 Å². The molecule has 2 aromatic rings. The minimum Gasteiger partial charge on any atom is -0.330 e. The van der Waals surface area contributed by atoms with E-state index in [4.69, 9.17) is 5.73 Å². The van der Waals surface area contributed by atoms with Gasteiger partial charge in [0, 0.05) is 12.4 Å². The summed E-state index contributed by atoms with van der Waals surface area (Å²) >= 11 is 0. The Morgan fingerprint density at radius 1 is 1.43 bits per heavy atom. The van der Waals surface area contributed by atoms with E-state index in [1.54, 1.807) is 0 Å². The Morgan fingerprint density at radius 2 is 2.21 bits per heavy atom. The summed E-state index contributed by atoms with van der Waals surface area (Å²) in [5.41, 5.74) is 9.37. The first kappa shape index (κ1) is 9.21. The van der Waals surface area contributed by atoms with Gasteiger partial charge in [-0.25, -0.2) is 0 Å². The predicted octanol–water partition coefficient (Wildman–Crippen LogP) is 1.38. The van der Waals surface area contributed by atoms with Gasteiger partial charge in [0.15, 0.2) is 0 Å². The van der Waals surface area contributed by atoms with Gasteiger partial charge < -0.3 is 5.73 Å². The molecule has 3 nitrogen and oxygen atoms in total. The van der Waals surface area contributed by atoms with E-state index in [9.17, 15) is 0 Å². The lowest BCUT2D eigenvalue weighted by molar-refractivity contribution is 0.796. The van der Waals surface area contributed by atoms with Crippen molar-refractivity contribution in [1.29, 1.82) is 0 Å². The van der Waals surface area contributed by atoms with E-state index in [-0.39, 0.29) is 0 Å². The highest BCUT2D eigenvalue weighted by Crippen LogP contribution is 2.19. The molecule has 0 fully saturated rings. The first-order valence-corrected chi connectivity index (χ1v) is 4.83. The fourth-order valence-electron chi connectivity index (χ4n) is 1.78. The molecule has 1 aromatic carbocycles. The van der Waals surface area contributed by atoms with Crippen LogP contribution in [0.1, 0.15) is 11.1 Å². The number of benzene rings is 1. The molecule has 0 saturated heterocycles. The highest BCUT2D eigenvalue weighted by atomic mass is 15.2. The fourth-order valence-corrected chi connectivity index (χ4v) is 1.78. The Balaban J connectivity index is 2.60. The Bertz CT molecular complexity index is 457.